The van der Waals surface area contributed by atoms with Crippen molar-refractivity contribution in [1.82, 2.24) is 9.99 Å². The zero-order valence-corrected chi connectivity index (χ0v) is 15.3. The molecule has 25 heavy (non-hydrogen) atoms. The van der Waals surface area contributed by atoms with Gasteiger partial charge in [-0.3, -0.25) is 9.73 Å². The maximum Gasteiger partial charge on any atom is 0.263 e. The molecule has 2 aromatic rings. The van der Waals surface area contributed by atoms with Crippen molar-refractivity contribution in [1.29, 1.82) is 0 Å². The zero-order chi connectivity index (χ0) is 18.1. The van der Waals surface area contributed by atoms with Crippen LogP contribution in [0.2, 0.25) is 0 Å². The van der Waals surface area contributed by atoms with E-state index >= 15 is 0 Å². The number of pyridine rings is 1. The molecule has 0 amide bonds. The van der Waals surface area contributed by atoms with Gasteiger partial charge in [0.15, 0.2) is 0 Å². The summed E-state index contributed by atoms with van der Waals surface area (Å²) in [6.07, 6.45) is 4.92. The van der Waals surface area contributed by atoms with Gasteiger partial charge in [-0.1, -0.05) is 31.1 Å². The molecule has 1 N–H and O–H groups in total. The van der Waals surface area contributed by atoms with Crippen LogP contribution >= 0.6 is 0 Å². The van der Waals surface area contributed by atoms with Crippen LogP contribution in [0.3, 0.4) is 0 Å². The number of sulfonamides is 1. The molecule has 0 saturated carbocycles. The number of hydrogen-bond donors (Lipinski definition) is 1. The SMILES string of the molecule is CCCCCN(C)N=Nc1ccc(S(=O)(=O)Nc2ccccn2)cc1. The van der Waals surface area contributed by atoms with Crippen molar-refractivity contribution in [2.24, 2.45) is 10.3 Å². The van der Waals surface area contributed by atoms with Crippen LogP contribution in [0.4, 0.5) is 11.5 Å². The van der Waals surface area contributed by atoms with Gasteiger partial charge < -0.3 is 0 Å². The fourth-order valence-electron chi connectivity index (χ4n) is 2.08. The molecular weight excluding hydrogens is 338 g/mol. The average molecular weight is 361 g/mol. The Morgan fingerprint density at radius 2 is 1.88 bits per heavy atom. The lowest BCUT2D eigenvalue weighted by atomic mass is 10.2. The van der Waals surface area contributed by atoms with Crippen molar-refractivity contribution in [3.8, 4) is 0 Å². The Morgan fingerprint density at radius 1 is 1.12 bits per heavy atom. The summed E-state index contributed by atoms with van der Waals surface area (Å²) < 4.78 is 27.1. The van der Waals surface area contributed by atoms with Crippen molar-refractivity contribution in [3.63, 3.8) is 0 Å². The molecule has 0 unspecified atom stereocenters. The molecule has 134 valence electrons. The van der Waals surface area contributed by atoms with Gasteiger partial charge in [0.1, 0.15) is 5.82 Å². The summed E-state index contributed by atoms with van der Waals surface area (Å²) in [5.74, 6) is 0.278. The largest absolute Gasteiger partial charge is 0.282 e. The molecule has 2 rings (SSSR count). The second-order valence-corrected chi connectivity index (χ2v) is 7.27. The maximum atomic E-state index is 12.3. The van der Waals surface area contributed by atoms with Crippen molar-refractivity contribution in [3.05, 3.63) is 48.7 Å². The Hall–Kier alpha value is -2.48. The molecule has 0 fully saturated rings. The third-order valence-corrected chi connectivity index (χ3v) is 4.82. The topological polar surface area (TPSA) is 87.0 Å². The van der Waals surface area contributed by atoms with E-state index in [0.29, 0.717) is 5.69 Å². The second-order valence-electron chi connectivity index (χ2n) is 5.59. The molecule has 0 spiro atoms. The van der Waals surface area contributed by atoms with Gasteiger partial charge in [0.05, 0.1) is 10.6 Å². The summed E-state index contributed by atoms with van der Waals surface area (Å²) in [4.78, 5) is 4.10. The number of hydrogen-bond acceptors (Lipinski definition) is 5. The lowest BCUT2D eigenvalue weighted by Gasteiger charge is -2.10. The van der Waals surface area contributed by atoms with Gasteiger partial charge in [-0.25, -0.2) is 13.4 Å². The van der Waals surface area contributed by atoms with E-state index in [1.54, 1.807) is 35.3 Å². The van der Waals surface area contributed by atoms with E-state index in [2.05, 4.69) is 27.0 Å². The Kier molecular flexibility index (Phi) is 6.88. The summed E-state index contributed by atoms with van der Waals surface area (Å²) in [5.41, 5.74) is 0.596. The van der Waals surface area contributed by atoms with Gasteiger partial charge in [0.25, 0.3) is 10.0 Å². The van der Waals surface area contributed by atoms with Gasteiger partial charge in [0, 0.05) is 19.8 Å². The lowest BCUT2D eigenvalue weighted by Crippen LogP contribution is -2.13. The third kappa shape index (κ3) is 6.15. The molecule has 1 aromatic carbocycles. The van der Waals surface area contributed by atoms with Crippen LogP contribution in [-0.4, -0.2) is 32.0 Å². The molecule has 0 radical (unpaired) electrons. The summed E-state index contributed by atoms with van der Waals surface area (Å²) in [6.45, 7) is 3.00. The summed E-state index contributed by atoms with van der Waals surface area (Å²) in [5, 5.41) is 10.0. The fraction of sp³-hybridized carbons (Fsp3) is 0.353. The quantitative estimate of drug-likeness (QED) is 0.415. The molecule has 0 bridgehead atoms. The smallest absolute Gasteiger partial charge is 0.263 e. The molecule has 1 heterocycles. The highest BCUT2D eigenvalue weighted by Gasteiger charge is 2.14. The molecule has 0 aliphatic carbocycles. The number of benzene rings is 1. The van der Waals surface area contributed by atoms with Crippen LogP contribution in [0, 0.1) is 0 Å². The molecular formula is C17H23N5O2S. The number of rotatable bonds is 9. The first-order valence-electron chi connectivity index (χ1n) is 8.18. The number of nitrogens with zero attached hydrogens (tertiary/aromatic N) is 4. The van der Waals surface area contributed by atoms with Gasteiger partial charge >= 0.3 is 0 Å². The Balaban J connectivity index is 1.99. The first-order chi connectivity index (χ1) is 12.0. The van der Waals surface area contributed by atoms with Crippen LogP contribution in [0.25, 0.3) is 0 Å². The van der Waals surface area contributed by atoms with E-state index < -0.39 is 10.0 Å². The number of aromatic nitrogens is 1. The van der Waals surface area contributed by atoms with E-state index in [0.717, 1.165) is 25.8 Å². The minimum absolute atomic E-state index is 0.147. The minimum atomic E-state index is -3.67. The van der Waals surface area contributed by atoms with Crippen LogP contribution in [-0.2, 0) is 10.0 Å². The molecule has 0 saturated heterocycles. The van der Waals surface area contributed by atoms with Crippen LogP contribution in [0.15, 0.2) is 63.9 Å². The van der Waals surface area contributed by atoms with Crippen LogP contribution in [0.5, 0.6) is 0 Å². The molecule has 0 aliphatic rings. The molecule has 7 nitrogen and oxygen atoms in total. The monoisotopic (exact) mass is 361 g/mol. The fourth-order valence-corrected chi connectivity index (χ4v) is 3.08. The maximum absolute atomic E-state index is 12.3. The number of anilines is 1. The average Bonchev–Trinajstić information content (AvgIpc) is 2.61. The van der Waals surface area contributed by atoms with Gasteiger partial charge in [-0.05, 0) is 42.8 Å². The van der Waals surface area contributed by atoms with Gasteiger partial charge in [-0.2, -0.15) is 0 Å². The minimum Gasteiger partial charge on any atom is -0.282 e. The predicted octanol–water partition coefficient (Wildman–Crippen LogP) is 4.00. The molecule has 8 heteroatoms. The normalized spacial score (nSPS) is 11.6. The van der Waals surface area contributed by atoms with Gasteiger partial charge in [-0.15, -0.1) is 5.11 Å². The van der Waals surface area contributed by atoms with Crippen molar-refractivity contribution in [2.75, 3.05) is 18.3 Å². The Bertz CT molecular complexity index is 776. The highest BCUT2D eigenvalue weighted by molar-refractivity contribution is 7.92. The zero-order valence-electron chi connectivity index (χ0n) is 14.5. The van der Waals surface area contributed by atoms with E-state index in [1.807, 2.05) is 7.05 Å². The third-order valence-electron chi connectivity index (χ3n) is 3.45. The highest BCUT2D eigenvalue weighted by atomic mass is 32.2. The summed E-state index contributed by atoms with van der Waals surface area (Å²) >= 11 is 0. The standard InChI is InChI=1S/C17H23N5O2S/c1-3-4-7-14-22(2)21-19-15-9-11-16(12-10-15)25(23,24)20-17-8-5-6-13-18-17/h5-6,8-13H,3-4,7,14H2,1-2H3,(H,18,20). The molecule has 1 aromatic heterocycles. The van der Waals surface area contributed by atoms with E-state index in [9.17, 15) is 8.42 Å². The lowest BCUT2D eigenvalue weighted by molar-refractivity contribution is 0.323. The van der Waals surface area contributed by atoms with Crippen LogP contribution in [0.1, 0.15) is 26.2 Å². The predicted molar refractivity (Wildman–Crippen MR) is 98.2 cm³/mol. The Morgan fingerprint density at radius 3 is 2.52 bits per heavy atom. The van der Waals surface area contributed by atoms with E-state index in [4.69, 9.17) is 0 Å². The van der Waals surface area contributed by atoms with Gasteiger partial charge in [0.2, 0.25) is 0 Å². The second kappa shape index (κ2) is 9.12. The first-order valence-corrected chi connectivity index (χ1v) is 9.66. The molecule has 0 aliphatic heterocycles. The van der Waals surface area contributed by atoms with Crippen LogP contribution < -0.4 is 4.72 Å². The summed E-state index contributed by atoms with van der Waals surface area (Å²) in [6, 6.07) is 11.3. The number of unbranched alkanes of at least 4 members (excludes halogenated alkanes) is 2. The van der Waals surface area contributed by atoms with Crippen molar-refractivity contribution < 1.29 is 8.42 Å². The highest BCUT2D eigenvalue weighted by Crippen LogP contribution is 2.19. The Labute approximate surface area is 148 Å². The first kappa shape index (κ1) is 18.9. The van der Waals surface area contributed by atoms with Crippen molar-refractivity contribution >= 4 is 21.5 Å². The summed E-state index contributed by atoms with van der Waals surface area (Å²) in [7, 11) is -1.80. The number of nitrogens with one attached hydrogen (secondary N) is 1. The molecule has 0 atom stereocenters. The van der Waals surface area contributed by atoms with Crippen molar-refractivity contribution in [2.45, 2.75) is 31.1 Å². The van der Waals surface area contributed by atoms with E-state index in [-0.39, 0.29) is 10.7 Å². The van der Waals surface area contributed by atoms with E-state index in [1.165, 1.54) is 18.3 Å².